The minimum atomic E-state index is -0.737. The van der Waals surface area contributed by atoms with E-state index in [9.17, 15) is 8.78 Å². The normalized spacial score (nSPS) is 19.1. The first-order valence-electron chi connectivity index (χ1n) is 8.82. The number of oxazole rings is 1. The van der Waals surface area contributed by atoms with E-state index < -0.39 is 16.5 Å². The largest absolute Gasteiger partial charge is 0.431 e. The standard InChI is InChI=1S/C20H18F2N4OS/c21-15-7-8-17(22)16(13-15)18-25-26(19-24-11-12-27-19)20(28-18,9-4-10-23)14-5-2-1-3-6-14/h1-3,5-8,11-13H,4,9-10,23H2. The van der Waals surface area contributed by atoms with Crippen LogP contribution in [0.4, 0.5) is 14.8 Å². The van der Waals surface area contributed by atoms with E-state index in [4.69, 9.17) is 10.2 Å². The molecule has 1 aliphatic heterocycles. The van der Waals surface area contributed by atoms with Gasteiger partial charge in [-0.2, -0.15) is 10.1 Å². The van der Waals surface area contributed by atoms with Crippen LogP contribution in [0.15, 0.2) is 70.5 Å². The van der Waals surface area contributed by atoms with Crippen LogP contribution in [0.3, 0.4) is 0 Å². The lowest BCUT2D eigenvalue weighted by molar-refractivity contribution is 0.461. The molecule has 0 spiro atoms. The molecule has 28 heavy (non-hydrogen) atoms. The van der Waals surface area contributed by atoms with Crippen LogP contribution in [0.5, 0.6) is 0 Å². The molecular weight excluding hydrogens is 382 g/mol. The van der Waals surface area contributed by atoms with Crippen molar-refractivity contribution in [3.8, 4) is 0 Å². The molecule has 0 fully saturated rings. The van der Waals surface area contributed by atoms with Crippen LogP contribution in [0.25, 0.3) is 0 Å². The number of nitrogens with two attached hydrogens (primary N) is 1. The van der Waals surface area contributed by atoms with Crippen molar-refractivity contribution in [3.05, 3.63) is 83.8 Å². The second kappa shape index (κ2) is 7.73. The van der Waals surface area contributed by atoms with Gasteiger partial charge in [-0.1, -0.05) is 42.1 Å². The third-order valence-corrected chi connectivity index (χ3v) is 5.95. The van der Waals surface area contributed by atoms with E-state index in [0.717, 1.165) is 23.8 Å². The zero-order valence-corrected chi connectivity index (χ0v) is 15.7. The first-order chi connectivity index (χ1) is 13.6. The van der Waals surface area contributed by atoms with Crippen molar-refractivity contribution in [2.45, 2.75) is 17.7 Å². The number of nitrogens with zero attached hydrogens (tertiary/aromatic N) is 3. The Bertz CT molecular complexity index is 981. The molecule has 0 amide bonds. The number of hydrazone groups is 1. The van der Waals surface area contributed by atoms with E-state index in [2.05, 4.69) is 10.1 Å². The maximum atomic E-state index is 14.5. The lowest BCUT2D eigenvalue weighted by Crippen LogP contribution is -2.38. The second-order valence-corrected chi connectivity index (χ2v) is 7.57. The van der Waals surface area contributed by atoms with Crippen molar-refractivity contribution >= 4 is 22.8 Å². The smallest absolute Gasteiger partial charge is 0.319 e. The summed E-state index contributed by atoms with van der Waals surface area (Å²) in [7, 11) is 0. The number of anilines is 1. The molecule has 2 heterocycles. The Morgan fingerprint density at radius 2 is 1.96 bits per heavy atom. The number of hydrogen-bond acceptors (Lipinski definition) is 6. The molecule has 1 aromatic heterocycles. The number of aromatic nitrogens is 1. The number of rotatable bonds is 6. The molecule has 2 aromatic carbocycles. The van der Waals surface area contributed by atoms with E-state index in [0.29, 0.717) is 24.4 Å². The molecule has 1 atom stereocenters. The summed E-state index contributed by atoms with van der Waals surface area (Å²) in [5.41, 5.74) is 6.83. The zero-order chi connectivity index (χ0) is 19.6. The van der Waals surface area contributed by atoms with Crippen LogP contribution < -0.4 is 10.7 Å². The van der Waals surface area contributed by atoms with Crippen LogP contribution in [0.2, 0.25) is 0 Å². The Balaban J connectivity index is 1.86. The molecule has 144 valence electrons. The molecule has 0 aliphatic carbocycles. The van der Waals surface area contributed by atoms with E-state index in [-0.39, 0.29) is 11.6 Å². The van der Waals surface area contributed by atoms with Gasteiger partial charge in [0.05, 0.1) is 6.20 Å². The molecule has 5 nitrogen and oxygen atoms in total. The van der Waals surface area contributed by atoms with Gasteiger partial charge in [0.15, 0.2) is 0 Å². The van der Waals surface area contributed by atoms with Gasteiger partial charge in [-0.15, -0.1) is 0 Å². The highest BCUT2D eigenvalue weighted by Crippen LogP contribution is 2.51. The fraction of sp³-hybridized carbons (Fsp3) is 0.200. The maximum Gasteiger partial charge on any atom is 0.319 e. The number of halogens is 2. The fourth-order valence-corrected chi connectivity index (χ4v) is 4.62. The van der Waals surface area contributed by atoms with Gasteiger partial charge in [0.2, 0.25) is 0 Å². The van der Waals surface area contributed by atoms with Gasteiger partial charge >= 0.3 is 6.01 Å². The van der Waals surface area contributed by atoms with E-state index in [1.165, 1.54) is 24.2 Å². The molecule has 2 N–H and O–H groups in total. The summed E-state index contributed by atoms with van der Waals surface area (Å²) in [6.07, 6.45) is 4.29. The molecule has 8 heteroatoms. The SMILES string of the molecule is NCCCC1(c2ccccc2)SC(c2cc(F)ccc2F)=NN1c1ncco1. The lowest BCUT2D eigenvalue weighted by atomic mass is 10.0. The first kappa shape index (κ1) is 18.6. The molecular formula is C20H18F2N4OS. The average Bonchev–Trinajstić information content (AvgIpc) is 3.37. The van der Waals surface area contributed by atoms with Crippen molar-refractivity contribution in [1.29, 1.82) is 0 Å². The number of benzene rings is 2. The average molecular weight is 400 g/mol. The highest BCUT2D eigenvalue weighted by atomic mass is 32.2. The summed E-state index contributed by atoms with van der Waals surface area (Å²) in [5.74, 6) is -1.07. The summed E-state index contributed by atoms with van der Waals surface area (Å²) in [6.45, 7) is 0.484. The molecule has 0 bridgehead atoms. The Hall–Kier alpha value is -2.71. The highest BCUT2D eigenvalue weighted by Gasteiger charge is 2.48. The summed E-state index contributed by atoms with van der Waals surface area (Å²) in [6, 6.07) is 13.3. The minimum absolute atomic E-state index is 0.104. The lowest BCUT2D eigenvalue weighted by Gasteiger charge is -2.34. The first-order valence-corrected chi connectivity index (χ1v) is 9.64. The molecule has 4 rings (SSSR count). The topological polar surface area (TPSA) is 67.7 Å². The number of thioether (sulfide) groups is 1. The van der Waals surface area contributed by atoms with Crippen molar-refractivity contribution in [2.75, 3.05) is 11.6 Å². The highest BCUT2D eigenvalue weighted by molar-refractivity contribution is 8.15. The van der Waals surface area contributed by atoms with Crippen LogP contribution in [-0.4, -0.2) is 16.6 Å². The summed E-state index contributed by atoms with van der Waals surface area (Å²) < 4.78 is 33.8. The summed E-state index contributed by atoms with van der Waals surface area (Å²) >= 11 is 1.35. The van der Waals surface area contributed by atoms with Crippen molar-refractivity contribution in [2.24, 2.45) is 10.8 Å². The molecule has 0 saturated heterocycles. The van der Waals surface area contributed by atoms with Gasteiger partial charge in [-0.3, -0.25) is 0 Å². The quantitative estimate of drug-likeness (QED) is 0.662. The van der Waals surface area contributed by atoms with Crippen LogP contribution in [-0.2, 0) is 4.87 Å². The van der Waals surface area contributed by atoms with Crippen molar-refractivity contribution in [1.82, 2.24) is 4.98 Å². The molecule has 0 radical (unpaired) electrons. The van der Waals surface area contributed by atoms with Gasteiger partial charge in [-0.05, 0) is 43.1 Å². The zero-order valence-electron chi connectivity index (χ0n) is 14.9. The Morgan fingerprint density at radius 1 is 1.14 bits per heavy atom. The van der Waals surface area contributed by atoms with Gasteiger partial charge < -0.3 is 10.2 Å². The number of hydrogen-bond donors (Lipinski definition) is 1. The molecule has 1 aliphatic rings. The Morgan fingerprint density at radius 3 is 2.68 bits per heavy atom. The fourth-order valence-electron chi connectivity index (χ4n) is 3.21. The maximum absolute atomic E-state index is 14.5. The predicted octanol–water partition coefficient (Wildman–Crippen LogP) is 4.46. The van der Waals surface area contributed by atoms with Crippen molar-refractivity contribution < 1.29 is 13.2 Å². The van der Waals surface area contributed by atoms with Gasteiger partial charge in [0.25, 0.3) is 0 Å². The van der Waals surface area contributed by atoms with Crippen LogP contribution in [0.1, 0.15) is 24.0 Å². The molecule has 1 unspecified atom stereocenters. The van der Waals surface area contributed by atoms with E-state index >= 15 is 0 Å². The third kappa shape index (κ3) is 3.29. The van der Waals surface area contributed by atoms with Crippen LogP contribution in [0, 0.1) is 11.6 Å². The minimum Gasteiger partial charge on any atom is -0.431 e. The van der Waals surface area contributed by atoms with Crippen LogP contribution >= 0.6 is 11.8 Å². The molecule has 0 saturated carbocycles. The Labute approximate surface area is 165 Å². The van der Waals surface area contributed by atoms with Crippen molar-refractivity contribution in [3.63, 3.8) is 0 Å². The Kier molecular flexibility index (Phi) is 5.15. The van der Waals surface area contributed by atoms with E-state index in [1.54, 1.807) is 5.01 Å². The summed E-state index contributed by atoms with van der Waals surface area (Å²) in [5, 5.41) is 6.59. The monoisotopic (exact) mass is 400 g/mol. The molecule has 3 aromatic rings. The van der Waals surface area contributed by atoms with E-state index in [1.807, 2.05) is 30.3 Å². The van der Waals surface area contributed by atoms with Gasteiger partial charge in [-0.25, -0.2) is 13.8 Å². The summed E-state index contributed by atoms with van der Waals surface area (Å²) in [4.78, 5) is 3.50. The van der Waals surface area contributed by atoms with Gasteiger partial charge in [0, 0.05) is 5.56 Å². The predicted molar refractivity (Wildman–Crippen MR) is 106 cm³/mol. The second-order valence-electron chi connectivity index (χ2n) is 6.30. The van der Waals surface area contributed by atoms with Gasteiger partial charge in [0.1, 0.15) is 27.8 Å². The third-order valence-electron chi connectivity index (χ3n) is 4.50.